The Balaban J connectivity index is 1.55. The third-order valence-electron chi connectivity index (χ3n) is 3.56. The molecule has 0 radical (unpaired) electrons. The molecule has 3 aromatic rings. The van der Waals surface area contributed by atoms with E-state index in [2.05, 4.69) is 10.4 Å². The summed E-state index contributed by atoms with van der Waals surface area (Å²) in [5.41, 5.74) is 1.99. The number of rotatable bonds is 6. The first-order valence-electron chi connectivity index (χ1n) is 7.82. The monoisotopic (exact) mass is 321 g/mol. The molecule has 0 unspecified atom stereocenters. The van der Waals surface area contributed by atoms with Crippen molar-refractivity contribution < 1.29 is 9.53 Å². The maximum atomic E-state index is 12.1. The molecule has 0 aliphatic heterocycles. The number of carbonyl (C=O) groups excluding carboxylic acids is 1. The van der Waals surface area contributed by atoms with Crippen LogP contribution in [0.5, 0.6) is 5.88 Å². The van der Waals surface area contributed by atoms with E-state index >= 15 is 0 Å². The summed E-state index contributed by atoms with van der Waals surface area (Å²) >= 11 is 0. The van der Waals surface area contributed by atoms with E-state index in [1.54, 1.807) is 23.9 Å². The Morgan fingerprint density at radius 3 is 2.46 bits per heavy atom. The Morgan fingerprint density at radius 1 is 1.08 bits per heavy atom. The lowest BCUT2D eigenvalue weighted by Crippen LogP contribution is -2.36. The predicted molar refractivity (Wildman–Crippen MR) is 91.9 cm³/mol. The van der Waals surface area contributed by atoms with Gasteiger partial charge in [-0.3, -0.25) is 4.79 Å². The third kappa shape index (κ3) is 4.01. The molecule has 2 aromatic carbocycles. The van der Waals surface area contributed by atoms with Crippen molar-refractivity contribution in [3.8, 4) is 11.6 Å². The second kappa shape index (κ2) is 7.46. The molecule has 1 atom stereocenters. The molecule has 24 heavy (non-hydrogen) atoms. The summed E-state index contributed by atoms with van der Waals surface area (Å²) < 4.78 is 7.33. The molecule has 1 amide bonds. The molecule has 1 heterocycles. The van der Waals surface area contributed by atoms with Crippen molar-refractivity contribution in [3.05, 3.63) is 78.5 Å². The van der Waals surface area contributed by atoms with Crippen molar-refractivity contribution in [2.75, 3.05) is 0 Å². The van der Waals surface area contributed by atoms with Crippen LogP contribution in [-0.4, -0.2) is 21.8 Å². The number of para-hydroxylation sites is 1. The fraction of sp³-hybridized carbons (Fsp3) is 0.158. The van der Waals surface area contributed by atoms with Gasteiger partial charge in [0.25, 0.3) is 5.91 Å². The second-order valence-corrected chi connectivity index (χ2v) is 5.40. The van der Waals surface area contributed by atoms with Gasteiger partial charge < -0.3 is 10.1 Å². The Morgan fingerprint density at radius 2 is 1.75 bits per heavy atom. The molecule has 3 rings (SSSR count). The van der Waals surface area contributed by atoms with Gasteiger partial charge in [-0.1, -0.05) is 48.5 Å². The zero-order valence-corrected chi connectivity index (χ0v) is 13.4. The van der Waals surface area contributed by atoms with Crippen LogP contribution in [-0.2, 0) is 11.3 Å². The average molecular weight is 321 g/mol. The van der Waals surface area contributed by atoms with E-state index < -0.39 is 6.10 Å². The average Bonchev–Trinajstić information content (AvgIpc) is 3.10. The summed E-state index contributed by atoms with van der Waals surface area (Å²) in [4.78, 5) is 12.1. The van der Waals surface area contributed by atoms with Gasteiger partial charge in [0.1, 0.15) is 0 Å². The standard InChI is InChI=1S/C19H19N3O2/c1-15(19(23)20-14-16-8-4-2-5-9-16)24-18-12-13-22(21-18)17-10-6-3-7-11-17/h2-13,15H,14H2,1H3,(H,20,23)/t15-/m1/s1. The van der Waals surface area contributed by atoms with Crippen LogP contribution in [0.15, 0.2) is 72.9 Å². The van der Waals surface area contributed by atoms with Gasteiger partial charge in [0.05, 0.1) is 5.69 Å². The first kappa shape index (κ1) is 15.8. The van der Waals surface area contributed by atoms with Gasteiger partial charge >= 0.3 is 0 Å². The molecule has 5 heteroatoms. The zero-order chi connectivity index (χ0) is 16.8. The maximum Gasteiger partial charge on any atom is 0.261 e. The summed E-state index contributed by atoms with van der Waals surface area (Å²) in [6.07, 6.45) is 1.19. The van der Waals surface area contributed by atoms with Crippen LogP contribution < -0.4 is 10.1 Å². The Bertz CT molecular complexity index is 785. The van der Waals surface area contributed by atoms with Gasteiger partial charge in [0.2, 0.25) is 5.88 Å². The highest BCUT2D eigenvalue weighted by Crippen LogP contribution is 2.13. The summed E-state index contributed by atoms with van der Waals surface area (Å²) in [7, 11) is 0. The van der Waals surface area contributed by atoms with Crippen LogP contribution in [0.25, 0.3) is 5.69 Å². The van der Waals surface area contributed by atoms with Crippen LogP contribution in [0, 0.1) is 0 Å². The summed E-state index contributed by atoms with van der Waals surface area (Å²) in [5, 5.41) is 7.19. The molecule has 122 valence electrons. The second-order valence-electron chi connectivity index (χ2n) is 5.40. The molecule has 0 saturated heterocycles. The predicted octanol–water partition coefficient (Wildman–Crippen LogP) is 2.96. The highest BCUT2D eigenvalue weighted by molar-refractivity contribution is 5.80. The summed E-state index contributed by atoms with van der Waals surface area (Å²) in [6.45, 7) is 2.19. The molecule has 0 spiro atoms. The van der Waals surface area contributed by atoms with Crippen molar-refractivity contribution in [1.82, 2.24) is 15.1 Å². The van der Waals surface area contributed by atoms with E-state index in [1.807, 2.05) is 60.7 Å². The van der Waals surface area contributed by atoms with E-state index in [9.17, 15) is 4.79 Å². The van der Waals surface area contributed by atoms with Crippen molar-refractivity contribution in [2.45, 2.75) is 19.6 Å². The highest BCUT2D eigenvalue weighted by atomic mass is 16.5. The lowest BCUT2D eigenvalue weighted by molar-refractivity contribution is -0.127. The van der Waals surface area contributed by atoms with Crippen molar-refractivity contribution in [2.24, 2.45) is 0 Å². The van der Waals surface area contributed by atoms with E-state index in [0.717, 1.165) is 11.3 Å². The molecule has 5 nitrogen and oxygen atoms in total. The fourth-order valence-electron chi connectivity index (χ4n) is 2.26. The van der Waals surface area contributed by atoms with Crippen molar-refractivity contribution in [3.63, 3.8) is 0 Å². The molecule has 0 saturated carbocycles. The number of nitrogens with one attached hydrogen (secondary N) is 1. The smallest absolute Gasteiger partial charge is 0.261 e. The number of hydrogen-bond donors (Lipinski definition) is 1. The Labute approximate surface area is 140 Å². The van der Waals surface area contributed by atoms with E-state index in [-0.39, 0.29) is 5.91 Å². The minimum atomic E-state index is -0.618. The Kier molecular flexibility index (Phi) is 4.91. The van der Waals surface area contributed by atoms with Gasteiger partial charge in [-0.25, -0.2) is 4.68 Å². The van der Waals surface area contributed by atoms with Crippen molar-refractivity contribution in [1.29, 1.82) is 0 Å². The van der Waals surface area contributed by atoms with Crippen molar-refractivity contribution >= 4 is 5.91 Å². The minimum absolute atomic E-state index is 0.173. The maximum absolute atomic E-state index is 12.1. The van der Waals surface area contributed by atoms with E-state index in [0.29, 0.717) is 12.4 Å². The number of benzene rings is 2. The van der Waals surface area contributed by atoms with E-state index in [1.165, 1.54) is 0 Å². The lowest BCUT2D eigenvalue weighted by atomic mass is 10.2. The number of nitrogens with zero attached hydrogens (tertiary/aromatic N) is 2. The molecule has 1 aromatic heterocycles. The Hall–Kier alpha value is -3.08. The number of carbonyl (C=O) groups is 1. The largest absolute Gasteiger partial charge is 0.463 e. The van der Waals surface area contributed by atoms with Gasteiger partial charge in [0, 0.05) is 18.8 Å². The number of ether oxygens (including phenoxy) is 1. The van der Waals surface area contributed by atoms with Gasteiger partial charge in [-0.05, 0) is 24.6 Å². The van der Waals surface area contributed by atoms with Gasteiger partial charge in [-0.15, -0.1) is 5.10 Å². The van der Waals surface area contributed by atoms with Crippen LogP contribution in [0.2, 0.25) is 0 Å². The molecular weight excluding hydrogens is 302 g/mol. The quantitative estimate of drug-likeness (QED) is 0.759. The van der Waals surface area contributed by atoms with Crippen LogP contribution in [0.3, 0.4) is 0 Å². The topological polar surface area (TPSA) is 56.2 Å². The minimum Gasteiger partial charge on any atom is -0.463 e. The SMILES string of the molecule is C[C@@H](Oc1ccn(-c2ccccc2)n1)C(=O)NCc1ccccc1. The number of aromatic nitrogens is 2. The molecule has 0 aliphatic carbocycles. The lowest BCUT2D eigenvalue weighted by Gasteiger charge is -2.13. The third-order valence-corrected chi connectivity index (χ3v) is 3.56. The fourth-order valence-corrected chi connectivity index (χ4v) is 2.26. The molecule has 1 N–H and O–H groups in total. The summed E-state index contributed by atoms with van der Waals surface area (Å²) in [6, 6.07) is 21.2. The number of amides is 1. The first-order chi connectivity index (χ1) is 11.7. The van der Waals surface area contributed by atoms with Crippen LogP contribution in [0.1, 0.15) is 12.5 Å². The van der Waals surface area contributed by atoms with E-state index in [4.69, 9.17) is 4.74 Å². The highest BCUT2D eigenvalue weighted by Gasteiger charge is 2.15. The summed E-state index contributed by atoms with van der Waals surface area (Å²) in [5.74, 6) is 0.245. The molecule has 0 bridgehead atoms. The van der Waals surface area contributed by atoms with Gasteiger partial charge in [-0.2, -0.15) is 0 Å². The zero-order valence-electron chi connectivity index (χ0n) is 13.4. The van der Waals surface area contributed by atoms with Crippen LogP contribution >= 0.6 is 0 Å². The van der Waals surface area contributed by atoms with Crippen LogP contribution in [0.4, 0.5) is 0 Å². The molecule has 0 fully saturated rings. The molecule has 0 aliphatic rings. The first-order valence-corrected chi connectivity index (χ1v) is 7.82. The normalized spacial score (nSPS) is 11.7. The van der Waals surface area contributed by atoms with Gasteiger partial charge in [0.15, 0.2) is 6.10 Å². The number of hydrogen-bond acceptors (Lipinski definition) is 3. The molecular formula is C19H19N3O2.